The Morgan fingerprint density at radius 1 is 1.35 bits per heavy atom. The van der Waals surface area contributed by atoms with E-state index in [1.807, 2.05) is 0 Å². The van der Waals surface area contributed by atoms with Gasteiger partial charge in [-0.25, -0.2) is 0 Å². The summed E-state index contributed by atoms with van der Waals surface area (Å²) in [5, 5.41) is 5.75. The van der Waals surface area contributed by atoms with Gasteiger partial charge in [-0.1, -0.05) is 6.92 Å². The molecule has 0 aromatic heterocycles. The lowest BCUT2D eigenvalue weighted by atomic mass is 9.98. The summed E-state index contributed by atoms with van der Waals surface area (Å²) in [6, 6.07) is 0. The maximum absolute atomic E-state index is 11.9. The van der Waals surface area contributed by atoms with Crippen molar-refractivity contribution in [2.75, 3.05) is 32.7 Å². The molecule has 2 heterocycles. The quantitative estimate of drug-likeness (QED) is 0.731. The summed E-state index contributed by atoms with van der Waals surface area (Å²) in [5.41, 5.74) is 0. The molecule has 2 rings (SSSR count). The first-order valence-electron chi connectivity index (χ1n) is 7.92. The van der Waals surface area contributed by atoms with E-state index in [-0.39, 0.29) is 17.7 Å². The Hall–Kier alpha value is -1.10. The lowest BCUT2D eigenvalue weighted by Gasteiger charge is -2.30. The zero-order valence-corrected chi connectivity index (χ0v) is 12.5. The molecule has 2 saturated heterocycles. The van der Waals surface area contributed by atoms with E-state index in [9.17, 15) is 9.59 Å². The van der Waals surface area contributed by atoms with Gasteiger partial charge in [-0.3, -0.25) is 9.59 Å². The molecule has 5 nitrogen and oxygen atoms in total. The van der Waals surface area contributed by atoms with E-state index in [1.165, 1.54) is 25.9 Å². The van der Waals surface area contributed by atoms with E-state index in [2.05, 4.69) is 22.5 Å². The second-order valence-electron chi connectivity index (χ2n) is 6.21. The highest BCUT2D eigenvalue weighted by Gasteiger charge is 2.24. The zero-order chi connectivity index (χ0) is 14.4. The molecule has 2 fully saturated rings. The Labute approximate surface area is 121 Å². The van der Waals surface area contributed by atoms with Crippen LogP contribution in [-0.4, -0.2) is 49.4 Å². The van der Waals surface area contributed by atoms with Crippen LogP contribution in [0.25, 0.3) is 0 Å². The van der Waals surface area contributed by atoms with Crippen molar-refractivity contribution in [2.24, 2.45) is 11.8 Å². The molecule has 2 amide bonds. The lowest BCUT2D eigenvalue weighted by molar-refractivity contribution is -0.128. The number of hydrogen-bond acceptors (Lipinski definition) is 3. The molecule has 0 aromatic rings. The van der Waals surface area contributed by atoms with Crippen molar-refractivity contribution in [1.82, 2.24) is 15.5 Å². The standard InChI is InChI=1S/C15H27N3O2/c1-12-5-9-18(10-6-12)8-2-7-16-15(20)13-3-4-14(19)17-11-13/h12-13H,2-11H2,1H3,(H,16,20)(H,17,19). The van der Waals surface area contributed by atoms with Crippen LogP contribution in [0, 0.1) is 11.8 Å². The Bertz CT molecular complexity index is 328. The smallest absolute Gasteiger partial charge is 0.224 e. The number of piperidine rings is 2. The van der Waals surface area contributed by atoms with Gasteiger partial charge in [-0.05, 0) is 51.2 Å². The molecule has 0 bridgehead atoms. The molecular weight excluding hydrogens is 254 g/mol. The highest BCUT2D eigenvalue weighted by atomic mass is 16.2. The predicted molar refractivity (Wildman–Crippen MR) is 78.2 cm³/mol. The molecule has 0 aromatic carbocycles. The first kappa shape index (κ1) is 15.3. The number of rotatable bonds is 5. The number of nitrogens with zero attached hydrogens (tertiary/aromatic N) is 1. The lowest BCUT2D eigenvalue weighted by Crippen LogP contribution is -2.43. The zero-order valence-electron chi connectivity index (χ0n) is 12.5. The summed E-state index contributed by atoms with van der Waals surface area (Å²) in [4.78, 5) is 25.5. The van der Waals surface area contributed by atoms with Crippen LogP contribution >= 0.6 is 0 Å². The molecule has 114 valence electrons. The molecule has 20 heavy (non-hydrogen) atoms. The van der Waals surface area contributed by atoms with Crippen molar-refractivity contribution in [3.8, 4) is 0 Å². The Kier molecular flexibility index (Phi) is 5.83. The number of amides is 2. The van der Waals surface area contributed by atoms with Gasteiger partial charge in [-0.2, -0.15) is 0 Å². The van der Waals surface area contributed by atoms with Gasteiger partial charge in [0, 0.05) is 19.5 Å². The van der Waals surface area contributed by atoms with Crippen LogP contribution in [0.4, 0.5) is 0 Å². The molecular formula is C15H27N3O2. The number of nitrogens with one attached hydrogen (secondary N) is 2. The number of carbonyl (C=O) groups excluding carboxylic acids is 2. The Morgan fingerprint density at radius 3 is 2.75 bits per heavy atom. The number of carbonyl (C=O) groups is 2. The fraction of sp³-hybridized carbons (Fsp3) is 0.867. The molecule has 1 atom stereocenters. The average Bonchev–Trinajstić information content (AvgIpc) is 2.46. The second-order valence-corrected chi connectivity index (χ2v) is 6.21. The van der Waals surface area contributed by atoms with Gasteiger partial charge < -0.3 is 15.5 Å². The predicted octanol–water partition coefficient (Wildman–Crippen LogP) is 0.751. The maximum Gasteiger partial charge on any atom is 0.224 e. The molecule has 5 heteroatoms. The van der Waals surface area contributed by atoms with Crippen LogP contribution in [-0.2, 0) is 9.59 Å². The average molecular weight is 281 g/mol. The first-order chi connectivity index (χ1) is 9.65. The van der Waals surface area contributed by atoms with E-state index in [0.29, 0.717) is 19.4 Å². The van der Waals surface area contributed by atoms with Crippen molar-refractivity contribution in [1.29, 1.82) is 0 Å². The van der Waals surface area contributed by atoms with Crippen LogP contribution < -0.4 is 10.6 Å². The van der Waals surface area contributed by atoms with Crippen molar-refractivity contribution in [2.45, 2.75) is 39.0 Å². The van der Waals surface area contributed by atoms with Crippen molar-refractivity contribution in [3.05, 3.63) is 0 Å². The molecule has 0 spiro atoms. The fourth-order valence-corrected chi connectivity index (χ4v) is 2.90. The van der Waals surface area contributed by atoms with E-state index < -0.39 is 0 Å². The SMILES string of the molecule is CC1CCN(CCCNC(=O)C2CCC(=O)NC2)CC1. The van der Waals surface area contributed by atoms with Crippen LogP contribution in [0.15, 0.2) is 0 Å². The summed E-state index contributed by atoms with van der Waals surface area (Å²) in [6.45, 7) is 7.03. The van der Waals surface area contributed by atoms with Gasteiger partial charge in [0.05, 0.1) is 5.92 Å². The molecule has 0 aliphatic carbocycles. The third-order valence-corrected chi connectivity index (χ3v) is 4.46. The summed E-state index contributed by atoms with van der Waals surface area (Å²) in [5.74, 6) is 0.988. The van der Waals surface area contributed by atoms with Crippen molar-refractivity contribution >= 4 is 11.8 Å². The Morgan fingerprint density at radius 2 is 2.10 bits per heavy atom. The van der Waals surface area contributed by atoms with E-state index in [0.717, 1.165) is 25.4 Å². The first-order valence-corrected chi connectivity index (χ1v) is 7.92. The van der Waals surface area contributed by atoms with Crippen molar-refractivity contribution < 1.29 is 9.59 Å². The molecule has 0 radical (unpaired) electrons. The van der Waals surface area contributed by atoms with Crippen molar-refractivity contribution in [3.63, 3.8) is 0 Å². The minimum absolute atomic E-state index is 0.0384. The maximum atomic E-state index is 11.9. The van der Waals surface area contributed by atoms with Crippen LogP contribution in [0.1, 0.15) is 39.0 Å². The van der Waals surface area contributed by atoms with Crippen LogP contribution in [0.2, 0.25) is 0 Å². The summed E-state index contributed by atoms with van der Waals surface area (Å²) >= 11 is 0. The highest BCUT2D eigenvalue weighted by Crippen LogP contribution is 2.15. The second kappa shape index (κ2) is 7.62. The van der Waals surface area contributed by atoms with E-state index in [4.69, 9.17) is 0 Å². The minimum Gasteiger partial charge on any atom is -0.356 e. The molecule has 1 unspecified atom stereocenters. The highest BCUT2D eigenvalue weighted by molar-refractivity contribution is 5.83. The van der Waals surface area contributed by atoms with E-state index >= 15 is 0 Å². The van der Waals surface area contributed by atoms with Gasteiger partial charge in [0.2, 0.25) is 11.8 Å². The topological polar surface area (TPSA) is 61.4 Å². The molecule has 0 saturated carbocycles. The normalized spacial score (nSPS) is 25.2. The van der Waals surface area contributed by atoms with E-state index in [1.54, 1.807) is 0 Å². The monoisotopic (exact) mass is 281 g/mol. The largest absolute Gasteiger partial charge is 0.356 e. The number of likely N-dealkylation sites (tertiary alicyclic amines) is 1. The summed E-state index contributed by atoms with van der Waals surface area (Å²) in [6.07, 6.45) is 4.77. The number of hydrogen-bond donors (Lipinski definition) is 2. The van der Waals surface area contributed by atoms with Crippen LogP contribution in [0.5, 0.6) is 0 Å². The molecule has 2 N–H and O–H groups in total. The minimum atomic E-state index is -0.0384. The third-order valence-electron chi connectivity index (χ3n) is 4.46. The van der Waals surface area contributed by atoms with Gasteiger partial charge >= 0.3 is 0 Å². The summed E-state index contributed by atoms with van der Waals surface area (Å²) < 4.78 is 0. The van der Waals surface area contributed by atoms with Gasteiger partial charge in [0.25, 0.3) is 0 Å². The van der Waals surface area contributed by atoms with Crippen LogP contribution in [0.3, 0.4) is 0 Å². The Balaban J connectivity index is 1.54. The van der Waals surface area contributed by atoms with Gasteiger partial charge in [0.15, 0.2) is 0 Å². The fourth-order valence-electron chi connectivity index (χ4n) is 2.90. The molecule has 2 aliphatic rings. The van der Waals surface area contributed by atoms with Gasteiger partial charge in [-0.15, -0.1) is 0 Å². The molecule has 2 aliphatic heterocycles. The third kappa shape index (κ3) is 4.78. The van der Waals surface area contributed by atoms with Gasteiger partial charge in [0.1, 0.15) is 0 Å². The summed E-state index contributed by atoms with van der Waals surface area (Å²) in [7, 11) is 0.